The van der Waals surface area contributed by atoms with E-state index in [4.69, 9.17) is 5.73 Å². The lowest BCUT2D eigenvalue weighted by atomic mass is 10.1. The van der Waals surface area contributed by atoms with E-state index < -0.39 is 0 Å². The SMILES string of the molecule is Nc1ccc(N2CCN3C(=O)CCC3C2)c2cnccc12. The summed E-state index contributed by atoms with van der Waals surface area (Å²) in [6.07, 6.45) is 5.33. The fraction of sp³-hybridized carbons (Fsp3) is 0.375. The number of aromatic nitrogens is 1. The zero-order chi connectivity index (χ0) is 14.4. The predicted molar refractivity (Wildman–Crippen MR) is 83.1 cm³/mol. The van der Waals surface area contributed by atoms with Crippen molar-refractivity contribution in [3.63, 3.8) is 0 Å². The second kappa shape index (κ2) is 4.62. The molecule has 1 aromatic carbocycles. The van der Waals surface area contributed by atoms with Crippen LogP contribution >= 0.6 is 0 Å². The molecule has 0 spiro atoms. The number of hydrogen-bond acceptors (Lipinski definition) is 4. The van der Waals surface area contributed by atoms with E-state index >= 15 is 0 Å². The van der Waals surface area contributed by atoms with Crippen molar-refractivity contribution in [3.8, 4) is 0 Å². The number of nitrogen functional groups attached to an aromatic ring is 1. The number of pyridine rings is 1. The van der Waals surface area contributed by atoms with Crippen molar-refractivity contribution in [3.05, 3.63) is 30.6 Å². The Hall–Kier alpha value is -2.30. The van der Waals surface area contributed by atoms with Crippen LogP contribution in [0.4, 0.5) is 11.4 Å². The summed E-state index contributed by atoms with van der Waals surface area (Å²) < 4.78 is 0. The summed E-state index contributed by atoms with van der Waals surface area (Å²) in [4.78, 5) is 20.4. The number of nitrogens with two attached hydrogens (primary N) is 1. The first-order valence-electron chi connectivity index (χ1n) is 7.40. The van der Waals surface area contributed by atoms with Crippen LogP contribution in [0.25, 0.3) is 10.8 Å². The Bertz CT molecular complexity index is 714. The third kappa shape index (κ3) is 1.92. The predicted octanol–water partition coefficient (Wildman–Crippen LogP) is 1.63. The molecular formula is C16H18N4O. The molecule has 108 valence electrons. The quantitative estimate of drug-likeness (QED) is 0.808. The molecule has 2 saturated heterocycles. The highest BCUT2D eigenvalue weighted by Crippen LogP contribution is 2.33. The number of carbonyl (C=O) groups excluding carboxylic acids is 1. The molecule has 5 heteroatoms. The highest BCUT2D eigenvalue weighted by molar-refractivity contribution is 6.00. The van der Waals surface area contributed by atoms with Gasteiger partial charge < -0.3 is 15.5 Å². The zero-order valence-corrected chi connectivity index (χ0v) is 11.8. The number of amides is 1. The van der Waals surface area contributed by atoms with E-state index in [0.29, 0.717) is 18.4 Å². The summed E-state index contributed by atoms with van der Waals surface area (Å²) in [6, 6.07) is 6.36. The van der Waals surface area contributed by atoms with Crippen LogP contribution in [0.15, 0.2) is 30.6 Å². The van der Waals surface area contributed by atoms with Gasteiger partial charge in [-0.05, 0) is 24.6 Å². The van der Waals surface area contributed by atoms with Crippen LogP contribution in [0.2, 0.25) is 0 Å². The summed E-state index contributed by atoms with van der Waals surface area (Å²) in [6.45, 7) is 2.59. The molecule has 2 aromatic rings. The molecule has 1 unspecified atom stereocenters. The number of carbonyl (C=O) groups is 1. The van der Waals surface area contributed by atoms with Gasteiger partial charge in [0.2, 0.25) is 5.91 Å². The first kappa shape index (κ1) is 12.4. The van der Waals surface area contributed by atoms with E-state index in [0.717, 1.165) is 42.5 Å². The van der Waals surface area contributed by atoms with E-state index in [1.807, 2.05) is 23.2 Å². The first-order chi connectivity index (χ1) is 10.2. The zero-order valence-electron chi connectivity index (χ0n) is 11.8. The molecule has 5 nitrogen and oxygen atoms in total. The maximum atomic E-state index is 11.8. The molecule has 0 bridgehead atoms. The van der Waals surface area contributed by atoms with Crippen LogP contribution in [0, 0.1) is 0 Å². The standard InChI is InChI=1S/C16H18N4O/c17-14-2-3-15(13-9-18-6-5-12(13)14)19-7-8-20-11(10-19)1-4-16(20)21/h2-3,5-6,9,11H,1,4,7-8,10,17H2. The highest BCUT2D eigenvalue weighted by atomic mass is 16.2. The molecule has 0 saturated carbocycles. The Morgan fingerprint density at radius 1 is 1.19 bits per heavy atom. The molecule has 0 aliphatic carbocycles. The average molecular weight is 282 g/mol. The largest absolute Gasteiger partial charge is 0.398 e. The van der Waals surface area contributed by atoms with Gasteiger partial charge in [-0.1, -0.05) is 0 Å². The molecule has 1 amide bonds. The van der Waals surface area contributed by atoms with Crippen LogP contribution < -0.4 is 10.6 Å². The maximum Gasteiger partial charge on any atom is 0.223 e. The van der Waals surface area contributed by atoms with Crippen LogP contribution in [0.5, 0.6) is 0 Å². The van der Waals surface area contributed by atoms with E-state index in [2.05, 4.69) is 16.0 Å². The van der Waals surface area contributed by atoms with E-state index in [-0.39, 0.29) is 0 Å². The van der Waals surface area contributed by atoms with Crippen molar-refractivity contribution in [2.75, 3.05) is 30.3 Å². The smallest absolute Gasteiger partial charge is 0.223 e. The number of rotatable bonds is 1. The molecule has 2 aliphatic rings. The summed E-state index contributed by atoms with van der Waals surface area (Å²) >= 11 is 0. The van der Waals surface area contributed by atoms with Crippen molar-refractivity contribution >= 4 is 28.1 Å². The lowest BCUT2D eigenvalue weighted by Gasteiger charge is -2.39. The summed E-state index contributed by atoms with van der Waals surface area (Å²) in [7, 11) is 0. The van der Waals surface area contributed by atoms with Crippen LogP contribution in [-0.4, -0.2) is 41.5 Å². The summed E-state index contributed by atoms with van der Waals surface area (Å²) in [5, 5.41) is 2.14. The van der Waals surface area contributed by atoms with E-state index in [1.54, 1.807) is 6.20 Å². The molecule has 3 heterocycles. The number of nitrogens with zero attached hydrogens (tertiary/aromatic N) is 3. The number of hydrogen-bond donors (Lipinski definition) is 1. The van der Waals surface area contributed by atoms with Crippen molar-refractivity contribution in [2.24, 2.45) is 0 Å². The molecule has 1 atom stereocenters. The van der Waals surface area contributed by atoms with Gasteiger partial charge in [0, 0.05) is 66.6 Å². The fourth-order valence-corrected chi connectivity index (χ4v) is 3.56. The molecule has 4 rings (SSSR count). The minimum Gasteiger partial charge on any atom is -0.398 e. The number of anilines is 2. The van der Waals surface area contributed by atoms with Crippen molar-refractivity contribution in [2.45, 2.75) is 18.9 Å². The van der Waals surface area contributed by atoms with Gasteiger partial charge in [-0.2, -0.15) is 0 Å². The molecule has 0 radical (unpaired) electrons. The first-order valence-corrected chi connectivity index (χ1v) is 7.40. The van der Waals surface area contributed by atoms with Gasteiger partial charge in [0.25, 0.3) is 0 Å². The number of piperazine rings is 1. The Kier molecular flexibility index (Phi) is 2.74. The molecular weight excluding hydrogens is 264 g/mol. The van der Waals surface area contributed by atoms with Crippen LogP contribution in [-0.2, 0) is 4.79 Å². The Labute approximate surface area is 123 Å². The van der Waals surface area contributed by atoms with Crippen molar-refractivity contribution in [1.82, 2.24) is 9.88 Å². The Morgan fingerprint density at radius 2 is 2.10 bits per heavy atom. The Balaban J connectivity index is 1.71. The third-order valence-electron chi connectivity index (χ3n) is 4.66. The molecule has 2 aliphatic heterocycles. The van der Waals surface area contributed by atoms with Gasteiger partial charge in [-0.25, -0.2) is 0 Å². The number of fused-ring (bicyclic) bond motifs is 2. The van der Waals surface area contributed by atoms with Gasteiger partial charge in [-0.15, -0.1) is 0 Å². The minimum atomic E-state index is 0.309. The topological polar surface area (TPSA) is 62.5 Å². The summed E-state index contributed by atoms with van der Waals surface area (Å²) in [5.41, 5.74) is 8.01. The molecule has 2 fully saturated rings. The highest BCUT2D eigenvalue weighted by Gasteiger charge is 2.35. The average Bonchev–Trinajstić information content (AvgIpc) is 2.89. The number of benzene rings is 1. The Morgan fingerprint density at radius 3 is 3.00 bits per heavy atom. The molecule has 1 aromatic heterocycles. The fourth-order valence-electron chi connectivity index (χ4n) is 3.56. The normalized spacial score (nSPS) is 21.9. The monoisotopic (exact) mass is 282 g/mol. The van der Waals surface area contributed by atoms with Crippen molar-refractivity contribution in [1.29, 1.82) is 0 Å². The van der Waals surface area contributed by atoms with Gasteiger partial charge >= 0.3 is 0 Å². The third-order valence-corrected chi connectivity index (χ3v) is 4.66. The van der Waals surface area contributed by atoms with Gasteiger partial charge in [0.05, 0.1) is 0 Å². The maximum absolute atomic E-state index is 11.8. The molecule has 2 N–H and O–H groups in total. The lowest BCUT2D eigenvalue weighted by molar-refractivity contribution is -0.129. The van der Waals surface area contributed by atoms with Gasteiger partial charge in [0.15, 0.2) is 0 Å². The summed E-state index contributed by atoms with van der Waals surface area (Å²) in [5.74, 6) is 0.309. The van der Waals surface area contributed by atoms with Crippen LogP contribution in [0.3, 0.4) is 0 Å². The second-order valence-electron chi connectivity index (χ2n) is 5.82. The van der Waals surface area contributed by atoms with Crippen molar-refractivity contribution < 1.29 is 4.79 Å². The van der Waals surface area contributed by atoms with Gasteiger partial charge in [-0.3, -0.25) is 9.78 Å². The van der Waals surface area contributed by atoms with Gasteiger partial charge in [0.1, 0.15) is 0 Å². The van der Waals surface area contributed by atoms with E-state index in [9.17, 15) is 4.79 Å². The molecule has 21 heavy (non-hydrogen) atoms. The second-order valence-corrected chi connectivity index (χ2v) is 5.82. The lowest BCUT2D eigenvalue weighted by Crippen LogP contribution is -2.51. The van der Waals surface area contributed by atoms with E-state index in [1.165, 1.54) is 5.69 Å². The minimum absolute atomic E-state index is 0.309. The van der Waals surface area contributed by atoms with Crippen LogP contribution in [0.1, 0.15) is 12.8 Å².